The zero-order valence-corrected chi connectivity index (χ0v) is 15.7. The highest BCUT2D eigenvalue weighted by Gasteiger charge is 2.82. The summed E-state index contributed by atoms with van der Waals surface area (Å²) in [5, 5.41) is 8.78. The van der Waals surface area contributed by atoms with Gasteiger partial charge >= 0.3 is 23.9 Å². The number of rotatable bonds is 3. The second kappa shape index (κ2) is 7.23. The fourth-order valence-electron chi connectivity index (χ4n) is 2.64. The molecule has 0 amide bonds. The zero-order chi connectivity index (χ0) is 22.4. The number of hydrogen-bond acceptors (Lipinski definition) is 1. The first-order chi connectivity index (χ1) is 13.1. The van der Waals surface area contributed by atoms with Gasteiger partial charge in [0, 0.05) is 21.7 Å². The Morgan fingerprint density at radius 1 is 0.897 bits per heavy atom. The van der Waals surface area contributed by atoms with Gasteiger partial charge in [0.1, 0.15) is 0 Å². The largest absolute Gasteiger partial charge is 0.457 e. The molecule has 0 aromatic heterocycles. The van der Waals surface area contributed by atoms with Crippen LogP contribution in [0.5, 0.6) is 0 Å². The minimum atomic E-state index is -6.83. The number of benzene rings is 2. The summed E-state index contributed by atoms with van der Waals surface area (Å²) in [4.78, 5) is 0. The first-order valence-corrected chi connectivity index (χ1v) is 8.31. The Morgan fingerprint density at radius 3 is 1.83 bits per heavy atom. The molecule has 0 saturated carbocycles. The molecular weight excluding hydrogens is 481 g/mol. The summed E-state index contributed by atoms with van der Waals surface area (Å²) in [6.07, 6.45) is -13.5. The summed E-state index contributed by atoms with van der Waals surface area (Å²) in [5.74, 6) is -6.80. The second-order valence-electron chi connectivity index (χ2n) is 5.97. The topological polar surface area (TPSA) is 23.8 Å². The summed E-state index contributed by atoms with van der Waals surface area (Å²) in [6, 6.07) is 8.51. The first kappa shape index (κ1) is 23.1. The lowest BCUT2D eigenvalue weighted by Crippen LogP contribution is -2.60. The van der Waals surface area contributed by atoms with E-state index in [1.54, 1.807) is 6.07 Å². The molecule has 0 aliphatic rings. The van der Waals surface area contributed by atoms with Gasteiger partial charge in [-0.25, -0.2) is 4.39 Å². The average Bonchev–Trinajstić information content (AvgIpc) is 2.58. The van der Waals surface area contributed by atoms with Crippen LogP contribution in [0.1, 0.15) is 16.7 Å². The fraction of sp³-hybridized carbons (Fsp3) is 0.278. The van der Waals surface area contributed by atoms with Gasteiger partial charge in [-0.1, -0.05) is 18.2 Å². The summed E-state index contributed by atoms with van der Waals surface area (Å²) >= 11 is 2.77. The van der Waals surface area contributed by atoms with Crippen molar-refractivity contribution in [2.45, 2.75) is 30.9 Å². The molecule has 0 saturated heterocycles. The van der Waals surface area contributed by atoms with E-state index in [1.807, 2.05) is 0 Å². The van der Waals surface area contributed by atoms with Crippen LogP contribution < -0.4 is 0 Å². The Labute approximate surface area is 166 Å². The maximum atomic E-state index is 15.1. The quantitative estimate of drug-likeness (QED) is 0.426. The summed E-state index contributed by atoms with van der Waals surface area (Å²) in [7, 11) is 0. The fourth-order valence-corrected chi connectivity index (χ4v) is 3.39. The Morgan fingerprint density at radius 2 is 1.41 bits per heavy atom. The van der Waals surface area contributed by atoms with Gasteiger partial charge in [-0.15, -0.1) is 0 Å². The van der Waals surface area contributed by atoms with Crippen molar-refractivity contribution < 1.29 is 39.5 Å². The van der Waals surface area contributed by atoms with Crippen LogP contribution in [0.3, 0.4) is 0 Å². The molecule has 2 rings (SSSR count). The third-order valence-electron chi connectivity index (χ3n) is 4.01. The molecule has 0 aliphatic heterocycles. The van der Waals surface area contributed by atoms with Crippen molar-refractivity contribution in [3.05, 3.63) is 57.6 Å². The van der Waals surface area contributed by atoms with Gasteiger partial charge < -0.3 is 0 Å². The van der Waals surface area contributed by atoms with E-state index in [0.29, 0.717) is 0 Å². The standard InChI is InChI=1S/C18H8BrF9N/c1-9-6-12(15(20,17(23,24)25)16(21,22)18(26,27)28)14(13(19)7-9)11-4-2-10(8-29)3-5-11/h2-6H,1H3. The molecule has 11 heteroatoms. The van der Waals surface area contributed by atoms with Crippen molar-refractivity contribution in [1.29, 1.82) is 5.26 Å². The number of hydrogen-bond donors (Lipinski definition) is 0. The minimum Gasteiger partial charge on any atom is -0.221 e. The number of nitriles is 1. The van der Waals surface area contributed by atoms with Crippen LogP contribution in [-0.4, -0.2) is 18.3 Å². The number of alkyl halides is 9. The van der Waals surface area contributed by atoms with Gasteiger partial charge in [0.2, 0.25) is 0 Å². The maximum Gasteiger partial charge on any atom is 0.457 e. The number of halogens is 10. The Balaban J connectivity index is 2.98. The van der Waals surface area contributed by atoms with E-state index in [1.165, 1.54) is 0 Å². The van der Waals surface area contributed by atoms with Gasteiger partial charge in [0.25, 0.3) is 0 Å². The first-order valence-electron chi connectivity index (χ1n) is 7.51. The number of aryl methyl sites for hydroxylation is 1. The Bertz CT molecular complexity index is 956. The van der Waals surface area contributed by atoms with Crippen molar-refractivity contribution in [3.8, 4) is 17.2 Å². The van der Waals surface area contributed by atoms with E-state index in [9.17, 15) is 35.1 Å². The lowest BCUT2D eigenvalue weighted by atomic mass is 9.82. The van der Waals surface area contributed by atoms with Crippen LogP contribution in [0.4, 0.5) is 39.5 Å². The van der Waals surface area contributed by atoms with Crippen LogP contribution in [-0.2, 0) is 5.67 Å². The third-order valence-corrected chi connectivity index (χ3v) is 4.60. The van der Waals surface area contributed by atoms with E-state index in [-0.39, 0.29) is 22.8 Å². The van der Waals surface area contributed by atoms with E-state index < -0.39 is 39.5 Å². The van der Waals surface area contributed by atoms with Gasteiger partial charge in [-0.05, 0) is 46.1 Å². The molecule has 0 bridgehead atoms. The summed E-state index contributed by atoms with van der Waals surface area (Å²) in [5.41, 5.74) is -9.53. The molecule has 2 aromatic carbocycles. The molecule has 0 fully saturated rings. The minimum absolute atomic E-state index is 0.0328. The second-order valence-corrected chi connectivity index (χ2v) is 6.77. The van der Waals surface area contributed by atoms with Gasteiger partial charge in [-0.2, -0.15) is 40.4 Å². The van der Waals surface area contributed by atoms with Crippen molar-refractivity contribution >= 4 is 15.9 Å². The third kappa shape index (κ3) is 3.70. The van der Waals surface area contributed by atoms with Crippen molar-refractivity contribution in [2.75, 3.05) is 0 Å². The molecule has 0 heterocycles. The van der Waals surface area contributed by atoms with Crippen LogP contribution in [0.15, 0.2) is 34.8 Å². The monoisotopic (exact) mass is 488 g/mol. The normalized spacial score (nSPS) is 15.0. The van der Waals surface area contributed by atoms with Crippen LogP contribution in [0.25, 0.3) is 11.1 Å². The molecular formula is C18H8BrF9N. The van der Waals surface area contributed by atoms with Crippen molar-refractivity contribution in [3.63, 3.8) is 0 Å². The van der Waals surface area contributed by atoms with Crippen LogP contribution in [0, 0.1) is 24.3 Å². The molecule has 0 aliphatic carbocycles. The van der Waals surface area contributed by atoms with E-state index in [4.69, 9.17) is 5.26 Å². The molecule has 1 atom stereocenters. The van der Waals surface area contributed by atoms with Crippen molar-refractivity contribution in [2.24, 2.45) is 0 Å². The molecule has 0 spiro atoms. The lowest BCUT2D eigenvalue weighted by molar-refractivity contribution is -0.389. The average molecular weight is 489 g/mol. The molecule has 0 N–H and O–H groups in total. The zero-order valence-electron chi connectivity index (χ0n) is 14.1. The van der Waals surface area contributed by atoms with E-state index in [0.717, 1.165) is 31.2 Å². The maximum absolute atomic E-state index is 15.1. The predicted molar refractivity (Wildman–Crippen MR) is 87.7 cm³/mol. The van der Waals surface area contributed by atoms with E-state index >= 15 is 4.39 Å². The highest BCUT2D eigenvalue weighted by Crippen LogP contribution is 2.60. The molecule has 29 heavy (non-hydrogen) atoms. The summed E-state index contributed by atoms with van der Waals surface area (Å²) in [6.45, 7) is 1.05. The van der Waals surface area contributed by atoms with Gasteiger partial charge in [0.15, 0.2) is 0 Å². The predicted octanol–water partition coefficient (Wildman–Crippen LogP) is 7.02. The van der Waals surface area contributed by atoms with Gasteiger partial charge in [-0.3, -0.25) is 0 Å². The smallest absolute Gasteiger partial charge is 0.221 e. The molecule has 155 valence electrons. The van der Waals surface area contributed by atoms with Gasteiger partial charge in [0.05, 0.1) is 11.6 Å². The summed E-state index contributed by atoms with van der Waals surface area (Å²) < 4.78 is 121. The SMILES string of the molecule is Cc1[c]c(Br)c(-c2ccc(C#N)cc2)c(C(F)(C(F)(F)F)C(F)(F)C(F)(F)F)c1. The molecule has 1 unspecified atom stereocenters. The van der Waals surface area contributed by atoms with Crippen molar-refractivity contribution in [1.82, 2.24) is 0 Å². The molecule has 1 nitrogen and oxygen atoms in total. The number of nitrogens with zero attached hydrogens (tertiary/aromatic N) is 1. The Hall–Kier alpha value is -2.22. The Kier molecular flexibility index (Phi) is 5.75. The molecule has 1 radical (unpaired) electrons. The lowest BCUT2D eigenvalue weighted by Gasteiger charge is -2.37. The highest BCUT2D eigenvalue weighted by atomic mass is 79.9. The van der Waals surface area contributed by atoms with Crippen LogP contribution >= 0.6 is 15.9 Å². The highest BCUT2D eigenvalue weighted by molar-refractivity contribution is 9.10. The van der Waals surface area contributed by atoms with E-state index in [2.05, 4.69) is 22.0 Å². The van der Waals surface area contributed by atoms with Crippen LogP contribution in [0.2, 0.25) is 0 Å². The molecule has 2 aromatic rings.